The van der Waals surface area contributed by atoms with E-state index in [0.29, 0.717) is 11.3 Å². The molecule has 1 heterocycles. The van der Waals surface area contributed by atoms with Gasteiger partial charge in [0.1, 0.15) is 5.69 Å². The number of rotatable bonds is 2. The predicted octanol–water partition coefficient (Wildman–Crippen LogP) is 1.96. The molecule has 0 fully saturated rings. The highest BCUT2D eigenvalue weighted by molar-refractivity contribution is 6.07. The Labute approximate surface area is 88.4 Å². The maximum Gasteiger partial charge on any atom is 0.211 e. The normalized spacial score (nSPS) is 10.3. The minimum atomic E-state index is 0.0127. The quantitative estimate of drug-likeness (QED) is 0.694. The molecule has 0 saturated heterocycles. The number of hydrogen-bond donors (Lipinski definition) is 0. The molecule has 0 aliphatic carbocycles. The zero-order valence-electron chi connectivity index (χ0n) is 8.77. The summed E-state index contributed by atoms with van der Waals surface area (Å²) >= 11 is 0. The largest absolute Gasteiger partial charge is 0.287 e. The fraction of sp³-hybridized carbons (Fsp3) is 0.167. The second kappa shape index (κ2) is 3.69. The molecule has 0 N–H and O–H groups in total. The average Bonchev–Trinajstić information content (AvgIpc) is 2.63. The molecule has 0 bridgehead atoms. The third-order valence-electron chi connectivity index (χ3n) is 2.33. The molecular weight excluding hydrogens is 188 g/mol. The minimum absolute atomic E-state index is 0.0127. The molecule has 0 unspecified atom stereocenters. The molecule has 2 aromatic rings. The fourth-order valence-electron chi connectivity index (χ4n) is 1.53. The summed E-state index contributed by atoms with van der Waals surface area (Å²) in [5.41, 5.74) is 2.40. The van der Waals surface area contributed by atoms with Crippen molar-refractivity contribution in [3.05, 3.63) is 53.3 Å². The van der Waals surface area contributed by atoms with E-state index in [9.17, 15) is 4.79 Å². The lowest BCUT2D eigenvalue weighted by atomic mass is 10.1. The molecule has 0 spiro atoms. The molecule has 0 atom stereocenters. The zero-order valence-corrected chi connectivity index (χ0v) is 8.77. The van der Waals surface area contributed by atoms with Gasteiger partial charge in [0.15, 0.2) is 0 Å². The number of hydrogen-bond acceptors (Lipinski definition) is 2. The first-order chi connectivity index (χ1) is 7.18. The Kier molecular flexibility index (Phi) is 2.37. The van der Waals surface area contributed by atoms with Crippen molar-refractivity contribution < 1.29 is 4.79 Å². The van der Waals surface area contributed by atoms with E-state index in [0.717, 1.165) is 5.56 Å². The van der Waals surface area contributed by atoms with E-state index < -0.39 is 0 Å². The van der Waals surface area contributed by atoms with E-state index in [1.807, 2.05) is 31.2 Å². The highest BCUT2D eigenvalue weighted by atomic mass is 16.1. The SMILES string of the molecule is Cc1cccc(C(=O)c2ccnn2C)c1. The topological polar surface area (TPSA) is 34.9 Å². The Bertz CT molecular complexity index is 500. The van der Waals surface area contributed by atoms with Crippen LogP contribution in [-0.4, -0.2) is 15.6 Å². The van der Waals surface area contributed by atoms with Crippen molar-refractivity contribution in [2.45, 2.75) is 6.92 Å². The maximum atomic E-state index is 12.0. The first-order valence-electron chi connectivity index (χ1n) is 4.78. The van der Waals surface area contributed by atoms with Crippen LogP contribution in [0.25, 0.3) is 0 Å². The first-order valence-corrected chi connectivity index (χ1v) is 4.78. The van der Waals surface area contributed by atoms with E-state index >= 15 is 0 Å². The summed E-state index contributed by atoms with van der Waals surface area (Å²) < 4.78 is 1.59. The summed E-state index contributed by atoms with van der Waals surface area (Å²) in [5.74, 6) is 0.0127. The molecule has 76 valence electrons. The Hall–Kier alpha value is -1.90. The van der Waals surface area contributed by atoms with Gasteiger partial charge in [-0.25, -0.2) is 0 Å². The van der Waals surface area contributed by atoms with Crippen LogP contribution in [0, 0.1) is 6.92 Å². The van der Waals surface area contributed by atoms with Crippen LogP contribution in [0.1, 0.15) is 21.6 Å². The predicted molar refractivity (Wildman–Crippen MR) is 57.8 cm³/mol. The Morgan fingerprint density at radius 3 is 2.73 bits per heavy atom. The van der Waals surface area contributed by atoms with Crippen molar-refractivity contribution in [2.24, 2.45) is 7.05 Å². The van der Waals surface area contributed by atoms with Crippen molar-refractivity contribution in [1.29, 1.82) is 0 Å². The standard InChI is InChI=1S/C12H12N2O/c1-9-4-3-5-10(8-9)12(15)11-6-7-13-14(11)2/h3-8H,1-2H3. The second-order valence-electron chi connectivity index (χ2n) is 3.54. The number of ketones is 1. The van der Waals surface area contributed by atoms with Gasteiger partial charge in [0, 0.05) is 18.8 Å². The van der Waals surface area contributed by atoms with E-state index in [1.165, 1.54) is 0 Å². The molecule has 15 heavy (non-hydrogen) atoms. The summed E-state index contributed by atoms with van der Waals surface area (Å²) in [6.07, 6.45) is 1.63. The fourth-order valence-corrected chi connectivity index (χ4v) is 1.53. The van der Waals surface area contributed by atoms with Gasteiger partial charge >= 0.3 is 0 Å². The molecule has 0 aliphatic heterocycles. The van der Waals surface area contributed by atoms with E-state index in [-0.39, 0.29) is 5.78 Å². The van der Waals surface area contributed by atoms with Gasteiger partial charge in [0.25, 0.3) is 0 Å². The number of aryl methyl sites for hydroxylation is 2. The van der Waals surface area contributed by atoms with Crippen molar-refractivity contribution in [3.8, 4) is 0 Å². The summed E-state index contributed by atoms with van der Waals surface area (Å²) in [7, 11) is 1.77. The Morgan fingerprint density at radius 1 is 1.33 bits per heavy atom. The van der Waals surface area contributed by atoms with Crippen LogP contribution in [0.2, 0.25) is 0 Å². The molecule has 0 aliphatic rings. The van der Waals surface area contributed by atoms with Crippen LogP contribution in [0.4, 0.5) is 0 Å². The summed E-state index contributed by atoms with van der Waals surface area (Å²) in [6.45, 7) is 1.97. The van der Waals surface area contributed by atoms with Crippen molar-refractivity contribution in [2.75, 3.05) is 0 Å². The molecule has 1 aromatic carbocycles. The van der Waals surface area contributed by atoms with Gasteiger partial charge < -0.3 is 0 Å². The molecule has 0 radical (unpaired) electrons. The third-order valence-corrected chi connectivity index (χ3v) is 2.33. The van der Waals surface area contributed by atoms with Gasteiger partial charge in [0.05, 0.1) is 0 Å². The molecule has 2 rings (SSSR count). The summed E-state index contributed by atoms with van der Waals surface area (Å²) in [4.78, 5) is 12.0. The van der Waals surface area contributed by atoms with Gasteiger partial charge in [0.2, 0.25) is 5.78 Å². The van der Waals surface area contributed by atoms with Crippen molar-refractivity contribution >= 4 is 5.78 Å². The maximum absolute atomic E-state index is 12.0. The van der Waals surface area contributed by atoms with Gasteiger partial charge in [-0.2, -0.15) is 5.10 Å². The summed E-state index contributed by atoms with van der Waals surface area (Å²) in [6, 6.07) is 9.29. The molecule has 0 saturated carbocycles. The average molecular weight is 200 g/mol. The number of carbonyl (C=O) groups excluding carboxylic acids is 1. The third kappa shape index (κ3) is 1.81. The van der Waals surface area contributed by atoms with E-state index in [2.05, 4.69) is 5.10 Å². The summed E-state index contributed by atoms with van der Waals surface area (Å²) in [5, 5.41) is 3.98. The van der Waals surface area contributed by atoms with Crippen molar-refractivity contribution in [3.63, 3.8) is 0 Å². The van der Waals surface area contributed by atoms with Gasteiger partial charge in [-0.15, -0.1) is 0 Å². The minimum Gasteiger partial charge on any atom is -0.287 e. The second-order valence-corrected chi connectivity index (χ2v) is 3.54. The van der Waals surface area contributed by atoms with Crippen LogP contribution in [0.5, 0.6) is 0 Å². The molecular formula is C12H12N2O. The number of nitrogens with zero attached hydrogens (tertiary/aromatic N) is 2. The number of benzene rings is 1. The molecule has 3 heteroatoms. The lowest BCUT2D eigenvalue weighted by molar-refractivity contribution is 0.103. The zero-order chi connectivity index (χ0) is 10.8. The van der Waals surface area contributed by atoms with Gasteiger partial charge in [-0.05, 0) is 19.1 Å². The lowest BCUT2D eigenvalue weighted by Gasteiger charge is -2.02. The van der Waals surface area contributed by atoms with Crippen LogP contribution in [0.3, 0.4) is 0 Å². The van der Waals surface area contributed by atoms with Crippen molar-refractivity contribution in [1.82, 2.24) is 9.78 Å². The number of carbonyl (C=O) groups is 1. The number of aromatic nitrogens is 2. The van der Waals surface area contributed by atoms with Gasteiger partial charge in [-0.1, -0.05) is 23.8 Å². The molecule has 0 amide bonds. The van der Waals surface area contributed by atoms with Gasteiger partial charge in [-0.3, -0.25) is 9.48 Å². The van der Waals surface area contributed by atoms with E-state index in [1.54, 1.807) is 24.0 Å². The highest BCUT2D eigenvalue weighted by Crippen LogP contribution is 2.10. The van der Waals surface area contributed by atoms with Crippen LogP contribution in [-0.2, 0) is 7.05 Å². The Morgan fingerprint density at radius 2 is 2.13 bits per heavy atom. The van der Waals surface area contributed by atoms with E-state index in [4.69, 9.17) is 0 Å². The smallest absolute Gasteiger partial charge is 0.211 e. The van der Waals surface area contributed by atoms with Crippen LogP contribution >= 0.6 is 0 Å². The highest BCUT2D eigenvalue weighted by Gasteiger charge is 2.11. The molecule has 1 aromatic heterocycles. The van der Waals surface area contributed by atoms with Crippen LogP contribution < -0.4 is 0 Å². The molecule has 3 nitrogen and oxygen atoms in total. The van der Waals surface area contributed by atoms with Crippen LogP contribution in [0.15, 0.2) is 36.5 Å². The first kappa shape index (κ1) is 9.65. The lowest BCUT2D eigenvalue weighted by Crippen LogP contribution is -2.08. The Balaban J connectivity index is 2.41. The monoisotopic (exact) mass is 200 g/mol.